The lowest BCUT2D eigenvalue weighted by molar-refractivity contribution is 0.0683. The Morgan fingerprint density at radius 3 is 3.06 bits per heavy atom. The SMILES string of the molecule is CN1C(=O)c2ccc3c4c2C1(C)CN4CCNC3. The van der Waals surface area contributed by atoms with E-state index >= 15 is 0 Å². The van der Waals surface area contributed by atoms with Gasteiger partial charge in [0.25, 0.3) is 5.91 Å². The molecule has 94 valence electrons. The van der Waals surface area contributed by atoms with Gasteiger partial charge in [-0.15, -0.1) is 0 Å². The van der Waals surface area contributed by atoms with Crippen LogP contribution in [0.2, 0.25) is 0 Å². The van der Waals surface area contributed by atoms with Gasteiger partial charge >= 0.3 is 0 Å². The third-order valence-corrected chi connectivity index (χ3v) is 4.76. The van der Waals surface area contributed by atoms with E-state index in [1.807, 2.05) is 18.0 Å². The first-order valence-electron chi connectivity index (χ1n) is 6.53. The van der Waals surface area contributed by atoms with Crippen LogP contribution < -0.4 is 10.2 Å². The minimum Gasteiger partial charge on any atom is -0.367 e. The maximum absolute atomic E-state index is 12.3. The predicted octanol–water partition coefficient (Wildman–Crippen LogP) is 0.911. The number of hydrogen-bond donors (Lipinski definition) is 1. The second kappa shape index (κ2) is 3.06. The van der Waals surface area contributed by atoms with Gasteiger partial charge in [0.1, 0.15) is 0 Å². The molecule has 3 aliphatic heterocycles. The zero-order valence-electron chi connectivity index (χ0n) is 10.8. The molecule has 0 spiro atoms. The lowest BCUT2D eigenvalue weighted by atomic mass is 9.92. The van der Waals surface area contributed by atoms with Gasteiger partial charge in [0, 0.05) is 50.0 Å². The topological polar surface area (TPSA) is 35.6 Å². The summed E-state index contributed by atoms with van der Waals surface area (Å²) in [5.74, 6) is 0.173. The molecule has 0 fully saturated rings. The third-order valence-electron chi connectivity index (χ3n) is 4.76. The lowest BCUT2D eigenvalue weighted by Crippen LogP contribution is -2.44. The van der Waals surface area contributed by atoms with Crippen molar-refractivity contribution in [3.63, 3.8) is 0 Å². The highest BCUT2D eigenvalue weighted by atomic mass is 16.2. The average Bonchev–Trinajstić information content (AvgIpc) is 2.65. The quantitative estimate of drug-likeness (QED) is 0.735. The molecule has 0 saturated heterocycles. The molecule has 1 aromatic rings. The smallest absolute Gasteiger partial charge is 0.254 e. The van der Waals surface area contributed by atoms with Gasteiger partial charge in [-0.25, -0.2) is 0 Å². The van der Waals surface area contributed by atoms with Crippen molar-refractivity contribution in [3.05, 3.63) is 28.8 Å². The predicted molar refractivity (Wildman–Crippen MR) is 69.8 cm³/mol. The molecule has 1 N–H and O–H groups in total. The first kappa shape index (κ1) is 10.4. The van der Waals surface area contributed by atoms with Crippen LogP contribution in [-0.2, 0) is 12.1 Å². The highest BCUT2D eigenvalue weighted by molar-refractivity contribution is 6.03. The largest absolute Gasteiger partial charge is 0.367 e. The van der Waals surface area contributed by atoms with Crippen LogP contribution in [0.1, 0.15) is 28.4 Å². The fourth-order valence-electron chi connectivity index (χ4n) is 3.70. The van der Waals surface area contributed by atoms with E-state index < -0.39 is 0 Å². The van der Waals surface area contributed by atoms with E-state index in [-0.39, 0.29) is 11.4 Å². The summed E-state index contributed by atoms with van der Waals surface area (Å²) in [5.41, 5.74) is 4.69. The van der Waals surface area contributed by atoms with Gasteiger partial charge in [-0.2, -0.15) is 0 Å². The van der Waals surface area contributed by atoms with E-state index in [1.54, 1.807) is 0 Å². The standard InChI is InChI=1S/C14H17N3O/c1-14-8-17-6-5-15-7-9-3-4-10(11(14)12(9)17)13(18)16(14)2/h3-4,15H,5-8H2,1-2H3. The van der Waals surface area contributed by atoms with E-state index in [0.29, 0.717) is 0 Å². The number of nitrogens with zero attached hydrogens (tertiary/aromatic N) is 2. The van der Waals surface area contributed by atoms with Crippen LogP contribution in [0.5, 0.6) is 0 Å². The summed E-state index contributed by atoms with van der Waals surface area (Å²) in [7, 11) is 1.93. The molecule has 4 heteroatoms. The summed E-state index contributed by atoms with van der Waals surface area (Å²) in [6.07, 6.45) is 0. The van der Waals surface area contributed by atoms with E-state index in [0.717, 1.165) is 31.7 Å². The van der Waals surface area contributed by atoms with Gasteiger partial charge in [-0.1, -0.05) is 6.07 Å². The average molecular weight is 243 g/mol. The molecule has 3 aliphatic rings. The van der Waals surface area contributed by atoms with E-state index in [1.165, 1.54) is 16.8 Å². The van der Waals surface area contributed by atoms with Crippen LogP contribution in [0.15, 0.2) is 12.1 Å². The summed E-state index contributed by atoms with van der Waals surface area (Å²) < 4.78 is 0. The van der Waals surface area contributed by atoms with Crippen LogP contribution in [0.3, 0.4) is 0 Å². The van der Waals surface area contributed by atoms with Crippen molar-refractivity contribution in [3.8, 4) is 0 Å². The number of benzene rings is 1. The Morgan fingerprint density at radius 1 is 1.39 bits per heavy atom. The van der Waals surface area contributed by atoms with Crippen molar-refractivity contribution < 1.29 is 4.79 Å². The molecule has 4 nitrogen and oxygen atoms in total. The molecular weight excluding hydrogens is 226 g/mol. The molecule has 0 radical (unpaired) electrons. The zero-order chi connectivity index (χ0) is 12.5. The fourth-order valence-corrected chi connectivity index (χ4v) is 3.70. The lowest BCUT2D eigenvalue weighted by Gasteiger charge is -2.31. The normalized spacial score (nSPS) is 28.7. The van der Waals surface area contributed by atoms with E-state index in [9.17, 15) is 4.79 Å². The van der Waals surface area contributed by atoms with Gasteiger partial charge < -0.3 is 15.1 Å². The van der Waals surface area contributed by atoms with Crippen molar-refractivity contribution in [2.24, 2.45) is 0 Å². The molecule has 0 aromatic heterocycles. The van der Waals surface area contributed by atoms with Crippen LogP contribution in [0.25, 0.3) is 0 Å². The van der Waals surface area contributed by atoms with Crippen molar-refractivity contribution in [2.45, 2.75) is 19.0 Å². The molecule has 0 aliphatic carbocycles. The van der Waals surface area contributed by atoms with Crippen molar-refractivity contribution >= 4 is 11.6 Å². The summed E-state index contributed by atoms with van der Waals surface area (Å²) in [5, 5.41) is 3.44. The minimum atomic E-state index is -0.130. The Morgan fingerprint density at radius 2 is 2.22 bits per heavy atom. The number of carbonyl (C=O) groups is 1. The van der Waals surface area contributed by atoms with Crippen molar-refractivity contribution in [2.75, 3.05) is 31.6 Å². The summed E-state index contributed by atoms with van der Waals surface area (Å²) in [4.78, 5) is 16.7. The molecule has 18 heavy (non-hydrogen) atoms. The monoisotopic (exact) mass is 243 g/mol. The van der Waals surface area contributed by atoms with Crippen LogP contribution >= 0.6 is 0 Å². The van der Waals surface area contributed by atoms with Crippen LogP contribution in [0, 0.1) is 0 Å². The Balaban J connectivity index is 2.05. The third kappa shape index (κ3) is 0.988. The summed E-state index contributed by atoms with van der Waals surface area (Å²) in [6, 6.07) is 4.12. The Hall–Kier alpha value is -1.55. The Kier molecular flexibility index (Phi) is 1.77. The Labute approximate surface area is 107 Å². The highest BCUT2D eigenvalue weighted by Crippen LogP contribution is 2.50. The second-order valence-corrected chi connectivity index (χ2v) is 5.73. The number of rotatable bonds is 0. The van der Waals surface area contributed by atoms with Gasteiger partial charge in [0.15, 0.2) is 0 Å². The molecule has 1 aromatic carbocycles. The number of amides is 1. The molecule has 1 unspecified atom stereocenters. The molecule has 1 amide bonds. The summed E-state index contributed by atoms with van der Waals surface area (Å²) >= 11 is 0. The minimum absolute atomic E-state index is 0.130. The van der Waals surface area contributed by atoms with Gasteiger partial charge in [0.05, 0.1) is 5.54 Å². The van der Waals surface area contributed by atoms with E-state index in [4.69, 9.17) is 0 Å². The van der Waals surface area contributed by atoms with Crippen molar-refractivity contribution in [1.82, 2.24) is 10.2 Å². The molecule has 0 saturated carbocycles. The molecule has 4 rings (SSSR count). The number of likely N-dealkylation sites (N-methyl/N-ethyl adjacent to an activating group) is 1. The maximum Gasteiger partial charge on any atom is 0.254 e. The second-order valence-electron chi connectivity index (χ2n) is 5.73. The number of nitrogens with one attached hydrogen (secondary N) is 1. The molecule has 3 heterocycles. The van der Waals surface area contributed by atoms with Crippen molar-refractivity contribution in [1.29, 1.82) is 0 Å². The number of anilines is 1. The zero-order valence-corrected chi connectivity index (χ0v) is 10.8. The van der Waals surface area contributed by atoms with Crippen LogP contribution in [-0.4, -0.2) is 37.5 Å². The number of hydrogen-bond acceptors (Lipinski definition) is 3. The summed E-state index contributed by atoms with van der Waals surface area (Å²) in [6.45, 7) is 6.07. The van der Waals surface area contributed by atoms with Gasteiger partial charge in [-0.05, 0) is 18.6 Å². The van der Waals surface area contributed by atoms with Gasteiger partial charge in [-0.3, -0.25) is 4.79 Å². The first-order valence-corrected chi connectivity index (χ1v) is 6.53. The first-order chi connectivity index (χ1) is 8.63. The molecular formula is C14H17N3O. The number of carbonyl (C=O) groups excluding carboxylic acids is 1. The maximum atomic E-state index is 12.3. The fraction of sp³-hybridized carbons (Fsp3) is 0.500. The van der Waals surface area contributed by atoms with Crippen LogP contribution in [0.4, 0.5) is 5.69 Å². The Bertz CT molecular complexity index is 568. The highest BCUT2D eigenvalue weighted by Gasteiger charge is 2.52. The van der Waals surface area contributed by atoms with E-state index in [2.05, 4.69) is 23.2 Å². The van der Waals surface area contributed by atoms with Gasteiger partial charge in [0.2, 0.25) is 0 Å². The molecule has 0 bridgehead atoms. The molecule has 1 atom stereocenters.